The molecule has 0 saturated heterocycles. The number of anilines is 3. The SMILES string of the molecule is CC1(C)c2ccccc2-c2ccc(N(c3cc(-c4ccccc4)cc(-c4ccccc4)c3)c3cc4c(c5ccccc35)-c3ccc(-c5ccccc5)cc3Oc3ccccc3-4)cc21. The highest BCUT2D eigenvalue weighted by Gasteiger charge is 2.36. The largest absolute Gasteiger partial charge is 0.456 e. The Kier molecular flexibility index (Phi) is 8.55. The maximum absolute atomic E-state index is 6.99. The summed E-state index contributed by atoms with van der Waals surface area (Å²) in [5.41, 5.74) is 19.8. The van der Waals surface area contributed by atoms with Crippen molar-refractivity contribution in [3.05, 3.63) is 236 Å². The Balaban J connectivity index is 1.16. The lowest BCUT2D eigenvalue weighted by molar-refractivity contribution is 0.488. The second-order valence-electron chi connectivity index (χ2n) is 17.3. The number of nitrogens with zero attached hydrogens (tertiary/aromatic N) is 1. The summed E-state index contributed by atoms with van der Waals surface area (Å²) in [4.78, 5) is 2.51. The third-order valence-corrected chi connectivity index (χ3v) is 13.2. The van der Waals surface area contributed by atoms with E-state index in [1.165, 1.54) is 44.3 Å². The maximum Gasteiger partial charge on any atom is 0.135 e. The van der Waals surface area contributed by atoms with E-state index in [0.717, 1.165) is 72.9 Å². The van der Waals surface area contributed by atoms with Crippen LogP contribution in [0.4, 0.5) is 17.1 Å². The number of rotatable bonds is 6. The number of fused-ring (bicyclic) bond motifs is 10. The zero-order chi connectivity index (χ0) is 42.1. The van der Waals surface area contributed by atoms with Crippen molar-refractivity contribution < 1.29 is 4.74 Å². The van der Waals surface area contributed by atoms with Gasteiger partial charge < -0.3 is 9.64 Å². The quantitative estimate of drug-likeness (QED) is 0.166. The third kappa shape index (κ3) is 6.09. The van der Waals surface area contributed by atoms with E-state index in [1.54, 1.807) is 0 Å². The summed E-state index contributed by atoms with van der Waals surface area (Å²) in [6.45, 7) is 4.73. The summed E-state index contributed by atoms with van der Waals surface area (Å²) < 4.78 is 6.99. The molecular weight excluding hydrogens is 763 g/mol. The van der Waals surface area contributed by atoms with Gasteiger partial charge in [-0.15, -0.1) is 0 Å². The molecule has 2 nitrogen and oxygen atoms in total. The second-order valence-corrected chi connectivity index (χ2v) is 17.3. The van der Waals surface area contributed by atoms with Gasteiger partial charge >= 0.3 is 0 Å². The lowest BCUT2D eigenvalue weighted by atomic mass is 9.82. The van der Waals surface area contributed by atoms with Crippen molar-refractivity contribution in [1.29, 1.82) is 0 Å². The molecule has 0 spiro atoms. The predicted molar refractivity (Wildman–Crippen MR) is 263 cm³/mol. The number of hydrogen-bond donors (Lipinski definition) is 0. The van der Waals surface area contributed by atoms with Crippen LogP contribution in [0.5, 0.6) is 11.5 Å². The zero-order valence-corrected chi connectivity index (χ0v) is 35.2. The molecule has 0 N–H and O–H groups in total. The first-order valence-corrected chi connectivity index (χ1v) is 21.8. The minimum absolute atomic E-state index is 0.177. The van der Waals surface area contributed by atoms with E-state index >= 15 is 0 Å². The lowest BCUT2D eigenvalue weighted by Gasteiger charge is -2.31. The molecule has 12 rings (SSSR count). The van der Waals surface area contributed by atoms with Crippen molar-refractivity contribution in [2.45, 2.75) is 19.3 Å². The highest BCUT2D eigenvalue weighted by Crippen LogP contribution is 2.55. The van der Waals surface area contributed by atoms with Gasteiger partial charge in [0.25, 0.3) is 0 Å². The Morgan fingerprint density at radius 1 is 0.333 bits per heavy atom. The van der Waals surface area contributed by atoms with Gasteiger partial charge in [0.2, 0.25) is 0 Å². The van der Waals surface area contributed by atoms with Gasteiger partial charge in [-0.25, -0.2) is 0 Å². The van der Waals surface area contributed by atoms with Gasteiger partial charge in [0.1, 0.15) is 11.5 Å². The monoisotopic (exact) mass is 805 g/mol. The number of para-hydroxylation sites is 1. The van der Waals surface area contributed by atoms with Crippen molar-refractivity contribution in [2.75, 3.05) is 4.90 Å². The van der Waals surface area contributed by atoms with Gasteiger partial charge in [0.15, 0.2) is 0 Å². The normalized spacial score (nSPS) is 12.9. The van der Waals surface area contributed by atoms with Crippen LogP contribution in [0.2, 0.25) is 0 Å². The van der Waals surface area contributed by atoms with Crippen LogP contribution in [0.25, 0.3) is 77.5 Å². The molecule has 10 aromatic carbocycles. The van der Waals surface area contributed by atoms with Crippen LogP contribution in [-0.2, 0) is 5.41 Å². The Hall–Kier alpha value is -7.94. The molecule has 0 unspecified atom stereocenters. The predicted octanol–water partition coefficient (Wildman–Crippen LogP) is 17.1. The first-order chi connectivity index (χ1) is 31.0. The van der Waals surface area contributed by atoms with Crippen LogP contribution in [0.1, 0.15) is 25.0 Å². The van der Waals surface area contributed by atoms with Crippen LogP contribution >= 0.6 is 0 Å². The molecule has 0 fully saturated rings. The van der Waals surface area contributed by atoms with Gasteiger partial charge in [-0.1, -0.05) is 184 Å². The molecule has 0 radical (unpaired) electrons. The summed E-state index contributed by atoms with van der Waals surface area (Å²) in [7, 11) is 0. The van der Waals surface area contributed by atoms with Crippen LogP contribution in [0, 0.1) is 0 Å². The number of hydrogen-bond acceptors (Lipinski definition) is 2. The molecule has 0 aromatic heterocycles. The van der Waals surface area contributed by atoms with Crippen LogP contribution in [0.3, 0.4) is 0 Å². The average molecular weight is 806 g/mol. The number of benzene rings is 10. The summed E-state index contributed by atoms with van der Waals surface area (Å²) in [5, 5.41) is 2.32. The molecule has 1 aliphatic carbocycles. The molecule has 2 aliphatic rings. The minimum atomic E-state index is -0.177. The molecule has 2 heteroatoms. The standard InChI is InChI=1S/C61H43NO/c1-61(2)55-28-16-14-24-48(55)49-33-31-46(38-56(49)61)62(47-35-44(41-20-8-4-9-21-41)34-45(36-47)42-22-10-5-11-23-42)57-39-54-51-26-15-17-29-58(51)63-59-37-43(40-18-6-3-7-19-40)30-32-53(59)60(54)52-27-13-12-25-50(52)57/h3-39H,1-2H3. The Morgan fingerprint density at radius 2 is 0.889 bits per heavy atom. The van der Waals surface area contributed by atoms with E-state index in [-0.39, 0.29) is 5.41 Å². The summed E-state index contributed by atoms with van der Waals surface area (Å²) in [6, 6.07) is 81.7. The van der Waals surface area contributed by atoms with Crippen LogP contribution in [-0.4, -0.2) is 0 Å². The average Bonchev–Trinajstić information content (AvgIpc) is 3.47. The first kappa shape index (κ1) is 36.9. The van der Waals surface area contributed by atoms with E-state index in [0.29, 0.717) is 0 Å². The van der Waals surface area contributed by atoms with Gasteiger partial charge in [-0.05, 0) is 121 Å². The third-order valence-electron chi connectivity index (χ3n) is 13.2. The zero-order valence-electron chi connectivity index (χ0n) is 35.2. The molecule has 1 heterocycles. The van der Waals surface area contributed by atoms with Crippen molar-refractivity contribution in [3.8, 4) is 78.3 Å². The molecule has 1 aliphatic heterocycles. The molecule has 0 bridgehead atoms. The highest BCUT2D eigenvalue weighted by atomic mass is 16.5. The van der Waals surface area contributed by atoms with E-state index in [2.05, 4.69) is 243 Å². The van der Waals surface area contributed by atoms with Crippen LogP contribution < -0.4 is 9.64 Å². The van der Waals surface area contributed by atoms with Crippen molar-refractivity contribution >= 4 is 27.8 Å². The summed E-state index contributed by atoms with van der Waals surface area (Å²) in [6.07, 6.45) is 0. The van der Waals surface area contributed by atoms with E-state index in [4.69, 9.17) is 4.74 Å². The Morgan fingerprint density at radius 3 is 1.59 bits per heavy atom. The maximum atomic E-state index is 6.99. The van der Waals surface area contributed by atoms with E-state index in [9.17, 15) is 0 Å². The van der Waals surface area contributed by atoms with Gasteiger partial charge in [-0.2, -0.15) is 0 Å². The fourth-order valence-electron chi connectivity index (χ4n) is 10.2. The summed E-state index contributed by atoms with van der Waals surface area (Å²) in [5.74, 6) is 1.69. The molecule has 298 valence electrons. The molecule has 0 amide bonds. The van der Waals surface area contributed by atoms with Gasteiger partial charge in [0, 0.05) is 38.9 Å². The highest BCUT2D eigenvalue weighted by molar-refractivity contribution is 6.13. The van der Waals surface area contributed by atoms with Gasteiger partial charge in [-0.3, -0.25) is 0 Å². The molecule has 63 heavy (non-hydrogen) atoms. The van der Waals surface area contributed by atoms with Gasteiger partial charge in [0.05, 0.1) is 5.69 Å². The Labute approximate surface area is 369 Å². The van der Waals surface area contributed by atoms with Crippen molar-refractivity contribution in [3.63, 3.8) is 0 Å². The fraction of sp³-hybridized carbons (Fsp3) is 0.0492. The smallest absolute Gasteiger partial charge is 0.135 e. The number of ether oxygens (including phenoxy) is 1. The summed E-state index contributed by atoms with van der Waals surface area (Å²) >= 11 is 0. The minimum Gasteiger partial charge on any atom is -0.456 e. The van der Waals surface area contributed by atoms with Crippen molar-refractivity contribution in [1.82, 2.24) is 0 Å². The topological polar surface area (TPSA) is 12.5 Å². The van der Waals surface area contributed by atoms with E-state index < -0.39 is 0 Å². The molecule has 10 aromatic rings. The molecular formula is C61H43NO. The lowest BCUT2D eigenvalue weighted by Crippen LogP contribution is -2.17. The van der Waals surface area contributed by atoms with Crippen molar-refractivity contribution in [2.24, 2.45) is 0 Å². The fourth-order valence-corrected chi connectivity index (χ4v) is 10.2. The van der Waals surface area contributed by atoms with Crippen LogP contribution in [0.15, 0.2) is 224 Å². The molecule has 0 atom stereocenters. The first-order valence-electron chi connectivity index (χ1n) is 21.8. The second kappa shape index (κ2) is 14.6. The van der Waals surface area contributed by atoms with E-state index in [1.807, 2.05) is 0 Å². The Bertz CT molecular complexity index is 3330. The molecule has 0 saturated carbocycles.